The molecule has 2 rings (SSSR count). The molecule has 1 N–H and O–H groups in total. The van der Waals surface area contributed by atoms with E-state index in [9.17, 15) is 4.79 Å². The van der Waals surface area contributed by atoms with Crippen LogP contribution in [0, 0.1) is 0 Å². The lowest BCUT2D eigenvalue weighted by Crippen LogP contribution is -1.95. The second-order valence-electron chi connectivity index (χ2n) is 2.84. The summed E-state index contributed by atoms with van der Waals surface area (Å²) in [5.41, 5.74) is 0. The maximum atomic E-state index is 10.5. The Hall–Kier alpha value is -1.69. The Morgan fingerprint density at radius 2 is 2.33 bits per heavy atom. The van der Waals surface area contributed by atoms with E-state index in [4.69, 9.17) is 9.52 Å². The number of hydrogen-bond acceptors (Lipinski definition) is 5. The summed E-state index contributed by atoms with van der Waals surface area (Å²) in [6, 6.07) is 3.81. The third kappa shape index (κ3) is 1.89. The minimum atomic E-state index is -1.21. The lowest BCUT2D eigenvalue weighted by atomic mass is 10.4. The van der Waals surface area contributed by atoms with Gasteiger partial charge in [0.15, 0.2) is 0 Å². The van der Waals surface area contributed by atoms with Gasteiger partial charge in [0.05, 0.1) is 4.88 Å². The number of rotatable bonds is 3. The van der Waals surface area contributed by atoms with Crippen molar-refractivity contribution in [2.24, 2.45) is 0 Å². The summed E-state index contributed by atoms with van der Waals surface area (Å²) in [5.74, 6) is -1.32. The molecule has 0 fully saturated rings. The van der Waals surface area contributed by atoms with Gasteiger partial charge in [0.2, 0.25) is 0 Å². The van der Waals surface area contributed by atoms with E-state index in [0.29, 0.717) is 0 Å². The number of nitrogens with zero attached hydrogens (tertiary/aromatic N) is 2. The van der Waals surface area contributed by atoms with Crippen molar-refractivity contribution in [2.45, 2.75) is 13.3 Å². The first kappa shape index (κ1) is 9.85. The summed E-state index contributed by atoms with van der Waals surface area (Å²) >= 11 is 1.52. The highest BCUT2D eigenvalue weighted by molar-refractivity contribution is 7.15. The third-order valence-electron chi connectivity index (χ3n) is 1.83. The zero-order valence-electron chi connectivity index (χ0n) is 7.93. The smallest absolute Gasteiger partial charge is 0.393 e. The number of carboxylic acid groups (broad SMARTS) is 1. The van der Waals surface area contributed by atoms with E-state index in [2.05, 4.69) is 10.2 Å². The molecule has 6 heteroatoms. The Balaban J connectivity index is 2.32. The van der Waals surface area contributed by atoms with Crippen molar-refractivity contribution < 1.29 is 14.3 Å². The molecule has 0 radical (unpaired) electrons. The average Bonchev–Trinajstić information content (AvgIpc) is 2.86. The predicted molar refractivity (Wildman–Crippen MR) is 53.9 cm³/mol. The van der Waals surface area contributed by atoms with Crippen LogP contribution in [0.4, 0.5) is 0 Å². The number of aryl methyl sites for hydroxylation is 1. The monoisotopic (exact) mass is 224 g/mol. The van der Waals surface area contributed by atoms with Gasteiger partial charge in [-0.05, 0) is 18.6 Å². The highest BCUT2D eigenvalue weighted by atomic mass is 32.1. The molecule has 15 heavy (non-hydrogen) atoms. The molecule has 0 aliphatic rings. The molecule has 2 aromatic heterocycles. The van der Waals surface area contributed by atoms with Gasteiger partial charge in [0, 0.05) is 4.88 Å². The molecule has 0 bridgehead atoms. The molecule has 0 saturated carbocycles. The van der Waals surface area contributed by atoms with Gasteiger partial charge in [-0.2, -0.15) is 0 Å². The molecular formula is C9H8N2O3S. The topological polar surface area (TPSA) is 76.2 Å². The SMILES string of the molecule is CCc1ccc(-c2nnc(C(=O)O)o2)s1. The Bertz CT molecular complexity index is 489. The number of carbonyl (C=O) groups is 1. The maximum Gasteiger partial charge on any atom is 0.393 e. The highest BCUT2D eigenvalue weighted by Gasteiger charge is 2.15. The third-order valence-corrected chi connectivity index (χ3v) is 3.05. The summed E-state index contributed by atoms with van der Waals surface area (Å²) in [4.78, 5) is 12.5. The molecular weight excluding hydrogens is 216 g/mol. The van der Waals surface area contributed by atoms with Gasteiger partial charge in [-0.25, -0.2) is 4.79 Å². The predicted octanol–water partition coefficient (Wildman–Crippen LogP) is 2.06. The quantitative estimate of drug-likeness (QED) is 0.863. The second-order valence-corrected chi connectivity index (χ2v) is 4.01. The van der Waals surface area contributed by atoms with Crippen LogP contribution in [0.15, 0.2) is 16.5 Å². The molecule has 78 valence electrons. The normalized spacial score (nSPS) is 10.5. The van der Waals surface area contributed by atoms with Gasteiger partial charge in [0.1, 0.15) is 0 Å². The summed E-state index contributed by atoms with van der Waals surface area (Å²) in [5, 5.41) is 15.7. The van der Waals surface area contributed by atoms with Crippen molar-refractivity contribution in [3.05, 3.63) is 22.9 Å². The van der Waals surface area contributed by atoms with Gasteiger partial charge >= 0.3 is 11.9 Å². The second kappa shape index (κ2) is 3.82. The number of thiophene rings is 1. The fourth-order valence-corrected chi connectivity index (χ4v) is 1.96. The number of carboxylic acids is 1. The first-order chi connectivity index (χ1) is 7.20. The van der Waals surface area contributed by atoms with E-state index in [1.165, 1.54) is 16.2 Å². The van der Waals surface area contributed by atoms with Crippen molar-refractivity contribution in [1.82, 2.24) is 10.2 Å². The Kier molecular flexibility index (Phi) is 2.51. The van der Waals surface area contributed by atoms with Crippen LogP contribution in [0.3, 0.4) is 0 Å². The summed E-state index contributed by atoms with van der Waals surface area (Å²) in [7, 11) is 0. The van der Waals surface area contributed by atoms with Crippen LogP contribution in [0.25, 0.3) is 10.8 Å². The van der Waals surface area contributed by atoms with Gasteiger partial charge in [-0.15, -0.1) is 21.5 Å². The van der Waals surface area contributed by atoms with E-state index >= 15 is 0 Å². The van der Waals surface area contributed by atoms with E-state index < -0.39 is 5.97 Å². The Morgan fingerprint density at radius 3 is 2.87 bits per heavy atom. The molecule has 0 aliphatic heterocycles. The first-order valence-electron chi connectivity index (χ1n) is 4.36. The summed E-state index contributed by atoms with van der Waals surface area (Å²) in [6.45, 7) is 2.05. The minimum Gasteiger partial charge on any atom is -0.474 e. The maximum absolute atomic E-state index is 10.5. The highest BCUT2D eigenvalue weighted by Crippen LogP contribution is 2.27. The van der Waals surface area contributed by atoms with Crippen LogP contribution in [0.1, 0.15) is 22.5 Å². The van der Waals surface area contributed by atoms with Gasteiger partial charge in [-0.1, -0.05) is 6.92 Å². The molecule has 0 unspecified atom stereocenters. The van der Waals surface area contributed by atoms with E-state index in [1.54, 1.807) is 0 Å². The number of aromatic carboxylic acids is 1. The summed E-state index contributed by atoms with van der Waals surface area (Å²) < 4.78 is 4.98. The Morgan fingerprint density at radius 1 is 1.53 bits per heavy atom. The number of aromatic nitrogens is 2. The van der Waals surface area contributed by atoms with Crippen LogP contribution in [-0.2, 0) is 6.42 Å². The molecule has 0 amide bonds. The van der Waals surface area contributed by atoms with Crippen molar-refractivity contribution in [3.8, 4) is 10.8 Å². The standard InChI is InChI=1S/C9H8N2O3S/c1-2-5-3-4-6(15-5)7-10-11-8(14-7)9(12)13/h3-4H,2H2,1H3,(H,12,13). The van der Waals surface area contributed by atoms with Crippen LogP contribution in [0.5, 0.6) is 0 Å². The largest absolute Gasteiger partial charge is 0.474 e. The Labute approximate surface area is 89.4 Å². The van der Waals surface area contributed by atoms with E-state index in [-0.39, 0.29) is 11.8 Å². The average molecular weight is 224 g/mol. The fourth-order valence-electron chi connectivity index (χ4n) is 1.09. The molecule has 0 atom stereocenters. The molecule has 0 aliphatic carbocycles. The molecule has 0 saturated heterocycles. The molecule has 2 aromatic rings. The first-order valence-corrected chi connectivity index (χ1v) is 5.18. The van der Waals surface area contributed by atoms with Crippen LogP contribution in [-0.4, -0.2) is 21.3 Å². The van der Waals surface area contributed by atoms with Gasteiger partial charge in [0.25, 0.3) is 5.89 Å². The van der Waals surface area contributed by atoms with Crippen molar-refractivity contribution in [2.75, 3.05) is 0 Å². The molecule has 2 heterocycles. The van der Waals surface area contributed by atoms with Crippen LogP contribution in [0.2, 0.25) is 0 Å². The van der Waals surface area contributed by atoms with E-state index in [1.807, 2.05) is 19.1 Å². The minimum absolute atomic E-state index is 0.261. The summed E-state index contributed by atoms with van der Waals surface area (Å²) in [6.07, 6.45) is 0.935. The van der Waals surface area contributed by atoms with Crippen molar-refractivity contribution in [3.63, 3.8) is 0 Å². The van der Waals surface area contributed by atoms with Gasteiger partial charge in [-0.3, -0.25) is 0 Å². The van der Waals surface area contributed by atoms with Gasteiger partial charge < -0.3 is 9.52 Å². The van der Waals surface area contributed by atoms with Crippen molar-refractivity contribution in [1.29, 1.82) is 0 Å². The molecule has 5 nitrogen and oxygen atoms in total. The zero-order chi connectivity index (χ0) is 10.8. The lowest BCUT2D eigenvalue weighted by molar-refractivity contribution is 0.0654. The van der Waals surface area contributed by atoms with Crippen molar-refractivity contribution >= 4 is 17.3 Å². The van der Waals surface area contributed by atoms with E-state index in [0.717, 1.165) is 11.3 Å². The fraction of sp³-hybridized carbons (Fsp3) is 0.222. The van der Waals surface area contributed by atoms with Crippen LogP contribution < -0.4 is 0 Å². The zero-order valence-corrected chi connectivity index (χ0v) is 8.74. The molecule has 0 aromatic carbocycles. The number of hydrogen-bond donors (Lipinski definition) is 1. The van der Waals surface area contributed by atoms with Crippen LogP contribution >= 0.6 is 11.3 Å². The molecule has 0 spiro atoms. The lowest BCUT2D eigenvalue weighted by Gasteiger charge is -1.86.